The smallest absolute Gasteiger partial charge is 0.312 e. The molecular weight excluding hydrogens is 262 g/mol. The Morgan fingerprint density at radius 2 is 2.05 bits per heavy atom. The number of hydrogen-bond donors (Lipinski definition) is 1. The minimum absolute atomic E-state index is 0.146. The van der Waals surface area contributed by atoms with E-state index in [4.69, 9.17) is 9.47 Å². The van der Waals surface area contributed by atoms with E-state index in [0.717, 1.165) is 0 Å². The van der Waals surface area contributed by atoms with Gasteiger partial charge in [-0.25, -0.2) is 0 Å². The number of nitrogens with zero attached hydrogens (tertiary/aromatic N) is 1. The average molecular weight is 277 g/mol. The molecule has 0 radical (unpaired) electrons. The van der Waals surface area contributed by atoms with Gasteiger partial charge < -0.3 is 19.5 Å². The van der Waals surface area contributed by atoms with Crippen LogP contribution in [0.3, 0.4) is 0 Å². The van der Waals surface area contributed by atoms with E-state index < -0.39 is 18.0 Å². The van der Waals surface area contributed by atoms with Gasteiger partial charge in [-0.05, 0) is 11.6 Å². The Labute approximate surface area is 115 Å². The van der Waals surface area contributed by atoms with Gasteiger partial charge in [0.1, 0.15) is 5.92 Å². The average Bonchev–Trinajstić information content (AvgIpc) is 2.87. The molecule has 106 valence electrons. The Morgan fingerprint density at radius 3 is 2.75 bits per heavy atom. The van der Waals surface area contributed by atoms with E-state index in [0.29, 0.717) is 24.5 Å². The summed E-state index contributed by atoms with van der Waals surface area (Å²) in [6.07, 6.45) is -0.649. The van der Waals surface area contributed by atoms with Gasteiger partial charge in [-0.1, -0.05) is 18.2 Å². The molecule has 2 atom stereocenters. The van der Waals surface area contributed by atoms with Crippen LogP contribution in [0.15, 0.2) is 24.3 Å². The van der Waals surface area contributed by atoms with Crippen LogP contribution in [0, 0.1) is 0 Å². The summed E-state index contributed by atoms with van der Waals surface area (Å²) >= 11 is 0. The molecule has 1 amide bonds. The highest BCUT2D eigenvalue weighted by Gasteiger charge is 2.39. The standard InChI is InChI=1S/C14H15NO5/c16-13(12-8-19-5-6-20-12)15-7-10(14(17)18)9-3-1-2-4-11(9)15/h1-4,10,12H,5-8H2,(H,17,18)/t10-,12-/m1/s1. The van der Waals surface area contributed by atoms with Gasteiger partial charge in [-0.2, -0.15) is 0 Å². The number of rotatable bonds is 2. The molecule has 1 N–H and O–H groups in total. The Balaban J connectivity index is 1.87. The minimum atomic E-state index is -0.923. The molecule has 1 fully saturated rings. The van der Waals surface area contributed by atoms with Crippen molar-refractivity contribution in [2.45, 2.75) is 12.0 Å². The number of ether oxygens (including phenoxy) is 2. The van der Waals surface area contributed by atoms with E-state index in [2.05, 4.69) is 0 Å². The van der Waals surface area contributed by atoms with Crippen molar-refractivity contribution in [1.29, 1.82) is 0 Å². The lowest BCUT2D eigenvalue weighted by atomic mass is 10.0. The molecule has 0 unspecified atom stereocenters. The zero-order chi connectivity index (χ0) is 14.1. The molecule has 1 aromatic carbocycles. The molecule has 1 saturated heterocycles. The van der Waals surface area contributed by atoms with Gasteiger partial charge in [-0.15, -0.1) is 0 Å². The highest BCUT2D eigenvalue weighted by atomic mass is 16.6. The molecule has 0 aromatic heterocycles. The molecular formula is C14H15NO5. The topological polar surface area (TPSA) is 76.1 Å². The molecule has 2 aliphatic heterocycles. The third kappa shape index (κ3) is 2.17. The summed E-state index contributed by atoms with van der Waals surface area (Å²) in [7, 11) is 0. The molecule has 1 aromatic rings. The van der Waals surface area contributed by atoms with E-state index >= 15 is 0 Å². The maximum absolute atomic E-state index is 12.5. The van der Waals surface area contributed by atoms with E-state index in [1.807, 2.05) is 0 Å². The highest BCUT2D eigenvalue weighted by molar-refractivity contribution is 6.01. The third-order valence-corrected chi connectivity index (χ3v) is 3.62. The summed E-state index contributed by atoms with van der Waals surface area (Å²) in [6.45, 7) is 1.23. The fourth-order valence-electron chi connectivity index (χ4n) is 2.63. The Morgan fingerprint density at radius 1 is 1.25 bits per heavy atom. The maximum Gasteiger partial charge on any atom is 0.312 e. The first kappa shape index (κ1) is 13.1. The molecule has 3 rings (SSSR count). The fraction of sp³-hybridized carbons (Fsp3) is 0.429. The molecule has 20 heavy (non-hydrogen) atoms. The predicted octanol–water partition coefficient (Wildman–Crippen LogP) is 0.617. The van der Waals surface area contributed by atoms with Gasteiger partial charge in [0, 0.05) is 12.2 Å². The van der Waals surface area contributed by atoms with Crippen molar-refractivity contribution in [1.82, 2.24) is 0 Å². The number of carbonyl (C=O) groups excluding carboxylic acids is 1. The summed E-state index contributed by atoms with van der Waals surface area (Å²) < 4.78 is 10.6. The number of carboxylic acids is 1. The van der Waals surface area contributed by atoms with Crippen LogP contribution in [0.25, 0.3) is 0 Å². The van der Waals surface area contributed by atoms with Crippen LogP contribution in [0.2, 0.25) is 0 Å². The second kappa shape index (κ2) is 5.22. The second-order valence-electron chi connectivity index (χ2n) is 4.83. The summed E-state index contributed by atoms with van der Waals surface area (Å²) in [5.74, 6) is -1.84. The SMILES string of the molecule is O=C(O)[C@@H]1CN(C(=O)[C@H]2COCCO2)c2ccccc21. The van der Waals surface area contributed by atoms with E-state index in [1.165, 1.54) is 4.90 Å². The normalized spacial score (nSPS) is 25.3. The van der Waals surface area contributed by atoms with Crippen molar-refractivity contribution in [3.05, 3.63) is 29.8 Å². The summed E-state index contributed by atoms with van der Waals surface area (Å²) in [5, 5.41) is 9.28. The Kier molecular flexibility index (Phi) is 3.42. The number of aliphatic carboxylic acids is 1. The third-order valence-electron chi connectivity index (χ3n) is 3.62. The van der Waals surface area contributed by atoms with Gasteiger partial charge in [0.2, 0.25) is 0 Å². The Bertz CT molecular complexity index is 538. The second-order valence-corrected chi connectivity index (χ2v) is 4.83. The van der Waals surface area contributed by atoms with Gasteiger partial charge in [-0.3, -0.25) is 9.59 Å². The molecule has 6 heteroatoms. The lowest BCUT2D eigenvalue weighted by Crippen LogP contribution is -2.45. The van der Waals surface area contributed by atoms with Crippen molar-refractivity contribution in [3.8, 4) is 0 Å². The summed E-state index contributed by atoms with van der Waals surface area (Å²) in [5.41, 5.74) is 1.32. The number of carbonyl (C=O) groups is 2. The van der Waals surface area contributed by atoms with E-state index in [1.54, 1.807) is 24.3 Å². The van der Waals surface area contributed by atoms with Crippen LogP contribution in [-0.2, 0) is 19.1 Å². The molecule has 0 aliphatic carbocycles. The number of carboxylic acid groups (broad SMARTS) is 1. The number of hydrogen-bond acceptors (Lipinski definition) is 4. The maximum atomic E-state index is 12.5. The Hall–Kier alpha value is -1.92. The van der Waals surface area contributed by atoms with Crippen molar-refractivity contribution in [3.63, 3.8) is 0 Å². The molecule has 0 spiro atoms. The molecule has 6 nitrogen and oxygen atoms in total. The summed E-state index contributed by atoms with van der Waals surface area (Å²) in [4.78, 5) is 25.3. The fourth-order valence-corrected chi connectivity index (χ4v) is 2.63. The summed E-state index contributed by atoms with van der Waals surface area (Å²) in [6, 6.07) is 7.09. The zero-order valence-electron chi connectivity index (χ0n) is 10.8. The monoisotopic (exact) mass is 277 g/mol. The predicted molar refractivity (Wildman–Crippen MR) is 69.7 cm³/mol. The quantitative estimate of drug-likeness (QED) is 0.857. The lowest BCUT2D eigenvalue weighted by Gasteiger charge is -2.27. The number of anilines is 1. The van der Waals surface area contributed by atoms with Crippen molar-refractivity contribution in [2.24, 2.45) is 0 Å². The van der Waals surface area contributed by atoms with Crippen LogP contribution in [0.1, 0.15) is 11.5 Å². The van der Waals surface area contributed by atoms with Crippen molar-refractivity contribution >= 4 is 17.6 Å². The van der Waals surface area contributed by atoms with Crippen LogP contribution in [0.4, 0.5) is 5.69 Å². The molecule has 2 aliphatic rings. The number of para-hydroxylation sites is 1. The van der Waals surface area contributed by atoms with E-state index in [-0.39, 0.29) is 19.1 Å². The van der Waals surface area contributed by atoms with Crippen LogP contribution in [0.5, 0.6) is 0 Å². The van der Waals surface area contributed by atoms with Gasteiger partial charge in [0.05, 0.1) is 19.8 Å². The first-order valence-corrected chi connectivity index (χ1v) is 6.51. The first-order chi connectivity index (χ1) is 9.68. The van der Waals surface area contributed by atoms with E-state index in [9.17, 15) is 14.7 Å². The molecule has 2 heterocycles. The minimum Gasteiger partial charge on any atom is -0.481 e. The zero-order valence-corrected chi connectivity index (χ0v) is 10.8. The van der Waals surface area contributed by atoms with Crippen molar-refractivity contribution in [2.75, 3.05) is 31.3 Å². The van der Waals surface area contributed by atoms with Gasteiger partial charge in [0.25, 0.3) is 5.91 Å². The molecule has 0 saturated carbocycles. The molecule has 0 bridgehead atoms. The van der Waals surface area contributed by atoms with Crippen LogP contribution in [-0.4, -0.2) is 49.5 Å². The van der Waals surface area contributed by atoms with Gasteiger partial charge >= 0.3 is 5.97 Å². The number of benzene rings is 1. The van der Waals surface area contributed by atoms with Gasteiger partial charge in [0.15, 0.2) is 6.10 Å². The lowest BCUT2D eigenvalue weighted by molar-refractivity contribution is -0.144. The van der Waals surface area contributed by atoms with Crippen LogP contribution < -0.4 is 4.90 Å². The highest BCUT2D eigenvalue weighted by Crippen LogP contribution is 2.36. The van der Waals surface area contributed by atoms with Crippen molar-refractivity contribution < 1.29 is 24.2 Å². The number of amides is 1. The number of fused-ring (bicyclic) bond motifs is 1. The van der Waals surface area contributed by atoms with Crippen LogP contribution >= 0.6 is 0 Å². The first-order valence-electron chi connectivity index (χ1n) is 6.51. The largest absolute Gasteiger partial charge is 0.481 e.